The number of rotatable bonds is 4. The molecule has 2 N–H and O–H groups in total. The molecule has 2 aromatic rings. The van der Waals surface area contributed by atoms with Crippen molar-refractivity contribution >= 4 is 40.1 Å². The van der Waals surface area contributed by atoms with Gasteiger partial charge < -0.3 is 10.6 Å². The van der Waals surface area contributed by atoms with Crippen molar-refractivity contribution in [3.8, 4) is 0 Å². The molecular formula is C20H21N3O2S. The Bertz CT molecular complexity index is 892. The second-order valence-electron chi connectivity index (χ2n) is 6.37. The van der Waals surface area contributed by atoms with Gasteiger partial charge in [0.25, 0.3) is 0 Å². The maximum Gasteiger partial charge on any atom is 0.240 e. The van der Waals surface area contributed by atoms with Crippen LogP contribution in [0.3, 0.4) is 0 Å². The number of amidine groups is 1. The lowest BCUT2D eigenvalue weighted by Crippen LogP contribution is -2.28. The van der Waals surface area contributed by atoms with E-state index in [1.165, 1.54) is 11.8 Å². The molecule has 1 saturated heterocycles. The number of thioether (sulfide) groups is 1. The summed E-state index contributed by atoms with van der Waals surface area (Å²) in [6, 6.07) is 13.6. The molecule has 6 heteroatoms. The van der Waals surface area contributed by atoms with Crippen molar-refractivity contribution in [1.29, 1.82) is 0 Å². The van der Waals surface area contributed by atoms with E-state index in [9.17, 15) is 9.59 Å². The van der Waals surface area contributed by atoms with Crippen molar-refractivity contribution in [2.24, 2.45) is 4.99 Å². The van der Waals surface area contributed by atoms with E-state index in [1.807, 2.05) is 63.2 Å². The molecule has 1 aliphatic rings. The molecule has 1 heterocycles. The van der Waals surface area contributed by atoms with Gasteiger partial charge in [0.05, 0.1) is 5.69 Å². The lowest BCUT2D eigenvalue weighted by atomic mass is 10.1. The highest BCUT2D eigenvalue weighted by Gasteiger charge is 2.32. The van der Waals surface area contributed by atoms with Crippen LogP contribution in [-0.2, 0) is 9.59 Å². The summed E-state index contributed by atoms with van der Waals surface area (Å²) in [4.78, 5) is 29.0. The number of amides is 2. The minimum Gasteiger partial charge on any atom is -0.326 e. The fourth-order valence-electron chi connectivity index (χ4n) is 2.62. The first-order chi connectivity index (χ1) is 12.4. The maximum absolute atomic E-state index is 12.3. The molecule has 1 fully saturated rings. The van der Waals surface area contributed by atoms with Crippen molar-refractivity contribution in [3.63, 3.8) is 0 Å². The van der Waals surface area contributed by atoms with Crippen molar-refractivity contribution < 1.29 is 9.59 Å². The lowest BCUT2D eigenvalue weighted by Gasteiger charge is -2.09. The highest BCUT2D eigenvalue weighted by atomic mass is 32.2. The summed E-state index contributed by atoms with van der Waals surface area (Å²) in [5, 5.41) is 5.71. The standard InChI is InChI=1S/C20H21N3O2S/c1-12-8-9-14(3)16(10-12)22-20-23-19(25)17(26-20)11-18(24)21-15-7-5-4-6-13(15)2/h4-10,17H,11H2,1-3H3,(H,21,24)(H,22,23,25)/t17-/m1/s1. The van der Waals surface area contributed by atoms with E-state index in [0.29, 0.717) is 5.17 Å². The van der Waals surface area contributed by atoms with Crippen LogP contribution in [0, 0.1) is 20.8 Å². The Morgan fingerprint density at radius 1 is 1.15 bits per heavy atom. The van der Waals surface area contributed by atoms with E-state index < -0.39 is 5.25 Å². The number of aliphatic imine (C=N–C) groups is 1. The summed E-state index contributed by atoms with van der Waals surface area (Å²) in [6.07, 6.45) is 0.108. The zero-order valence-corrected chi connectivity index (χ0v) is 15.8. The Morgan fingerprint density at radius 3 is 2.69 bits per heavy atom. The highest BCUT2D eigenvalue weighted by Crippen LogP contribution is 2.27. The summed E-state index contributed by atoms with van der Waals surface area (Å²) >= 11 is 1.30. The molecule has 0 unspecified atom stereocenters. The molecular weight excluding hydrogens is 346 g/mol. The van der Waals surface area contributed by atoms with Crippen LogP contribution in [0.5, 0.6) is 0 Å². The van der Waals surface area contributed by atoms with Gasteiger partial charge in [-0.3, -0.25) is 9.59 Å². The quantitative estimate of drug-likeness (QED) is 0.862. The van der Waals surface area contributed by atoms with Crippen molar-refractivity contribution in [1.82, 2.24) is 5.32 Å². The number of hydrogen-bond acceptors (Lipinski definition) is 4. The number of benzene rings is 2. The fourth-order valence-corrected chi connectivity index (χ4v) is 3.61. The van der Waals surface area contributed by atoms with Gasteiger partial charge in [-0.05, 0) is 49.6 Å². The number of carbonyl (C=O) groups excluding carboxylic acids is 2. The van der Waals surface area contributed by atoms with Crippen LogP contribution in [0.25, 0.3) is 0 Å². The summed E-state index contributed by atoms with van der Waals surface area (Å²) < 4.78 is 0. The predicted molar refractivity (Wildman–Crippen MR) is 107 cm³/mol. The van der Waals surface area contributed by atoms with Gasteiger partial charge in [0.2, 0.25) is 11.8 Å². The van der Waals surface area contributed by atoms with Crippen molar-refractivity contribution in [2.45, 2.75) is 32.4 Å². The normalized spacial score (nSPS) is 18.0. The smallest absolute Gasteiger partial charge is 0.240 e. The summed E-state index contributed by atoms with van der Waals surface area (Å²) in [5.41, 5.74) is 4.74. The molecule has 0 aliphatic carbocycles. The Kier molecular flexibility index (Phi) is 5.42. The number of nitrogens with one attached hydrogen (secondary N) is 2. The first-order valence-electron chi connectivity index (χ1n) is 8.41. The Morgan fingerprint density at radius 2 is 1.92 bits per heavy atom. The third kappa shape index (κ3) is 4.32. The highest BCUT2D eigenvalue weighted by molar-refractivity contribution is 8.15. The van der Waals surface area contributed by atoms with Crippen LogP contribution in [0.2, 0.25) is 0 Å². The summed E-state index contributed by atoms with van der Waals surface area (Å²) in [6.45, 7) is 5.91. The van der Waals surface area contributed by atoms with Gasteiger partial charge in [-0.2, -0.15) is 0 Å². The molecule has 2 amide bonds. The minimum absolute atomic E-state index is 0.108. The zero-order valence-electron chi connectivity index (χ0n) is 15.0. The van der Waals surface area contributed by atoms with Crippen LogP contribution >= 0.6 is 11.8 Å². The number of hydrogen-bond donors (Lipinski definition) is 2. The molecule has 26 heavy (non-hydrogen) atoms. The summed E-state index contributed by atoms with van der Waals surface area (Å²) in [5.74, 6) is -0.362. The van der Waals surface area contributed by atoms with E-state index >= 15 is 0 Å². The number of carbonyl (C=O) groups is 2. The molecule has 2 aromatic carbocycles. The van der Waals surface area contributed by atoms with Gasteiger partial charge >= 0.3 is 0 Å². The number of anilines is 1. The minimum atomic E-state index is -0.470. The Labute approximate surface area is 157 Å². The fraction of sp³-hybridized carbons (Fsp3) is 0.250. The molecule has 0 saturated carbocycles. The van der Waals surface area contributed by atoms with E-state index in [0.717, 1.165) is 28.1 Å². The molecule has 0 spiro atoms. The zero-order chi connectivity index (χ0) is 18.7. The Hall–Kier alpha value is -2.60. The van der Waals surface area contributed by atoms with Crippen LogP contribution in [0.4, 0.5) is 11.4 Å². The molecule has 134 valence electrons. The van der Waals surface area contributed by atoms with Crippen molar-refractivity contribution in [2.75, 3.05) is 5.32 Å². The third-order valence-corrected chi connectivity index (χ3v) is 5.23. The first kappa shape index (κ1) is 18.2. The molecule has 0 radical (unpaired) electrons. The molecule has 5 nitrogen and oxygen atoms in total. The molecule has 3 rings (SSSR count). The first-order valence-corrected chi connectivity index (χ1v) is 9.29. The van der Waals surface area contributed by atoms with Crippen LogP contribution < -0.4 is 10.6 Å². The van der Waals surface area contributed by atoms with Gasteiger partial charge in [0, 0.05) is 12.1 Å². The van der Waals surface area contributed by atoms with Gasteiger partial charge in [-0.15, -0.1) is 0 Å². The second kappa shape index (κ2) is 7.74. The van der Waals surface area contributed by atoms with E-state index in [2.05, 4.69) is 15.6 Å². The predicted octanol–water partition coefficient (Wildman–Crippen LogP) is 3.86. The van der Waals surface area contributed by atoms with Gasteiger partial charge in [-0.1, -0.05) is 42.1 Å². The number of para-hydroxylation sites is 1. The molecule has 1 aliphatic heterocycles. The van der Waals surface area contributed by atoms with Gasteiger partial charge in [-0.25, -0.2) is 4.99 Å². The number of nitrogens with zero attached hydrogens (tertiary/aromatic N) is 1. The van der Waals surface area contributed by atoms with E-state index in [-0.39, 0.29) is 18.2 Å². The van der Waals surface area contributed by atoms with Crippen LogP contribution in [-0.4, -0.2) is 22.2 Å². The Balaban J connectivity index is 1.66. The molecule has 0 aromatic heterocycles. The average Bonchev–Trinajstić information content (AvgIpc) is 2.92. The second-order valence-corrected chi connectivity index (χ2v) is 7.56. The third-order valence-electron chi connectivity index (χ3n) is 4.15. The molecule has 1 atom stereocenters. The largest absolute Gasteiger partial charge is 0.326 e. The van der Waals surface area contributed by atoms with Crippen molar-refractivity contribution in [3.05, 3.63) is 59.2 Å². The number of aryl methyl sites for hydroxylation is 3. The topological polar surface area (TPSA) is 70.6 Å². The lowest BCUT2D eigenvalue weighted by molar-refractivity contribution is -0.122. The molecule has 0 bridgehead atoms. The van der Waals surface area contributed by atoms with E-state index in [4.69, 9.17) is 0 Å². The SMILES string of the molecule is Cc1ccc(C)c(N=C2NC(=O)[C@@H](CC(=O)Nc3ccccc3C)S2)c1. The van der Waals surface area contributed by atoms with Gasteiger partial charge in [0.1, 0.15) is 5.25 Å². The maximum atomic E-state index is 12.3. The summed E-state index contributed by atoms with van der Waals surface area (Å²) in [7, 11) is 0. The van der Waals surface area contributed by atoms with Gasteiger partial charge in [0.15, 0.2) is 5.17 Å². The van der Waals surface area contributed by atoms with Crippen LogP contribution in [0.1, 0.15) is 23.1 Å². The average molecular weight is 367 g/mol. The monoisotopic (exact) mass is 367 g/mol. The van der Waals surface area contributed by atoms with E-state index in [1.54, 1.807) is 0 Å². The van der Waals surface area contributed by atoms with Crippen LogP contribution in [0.15, 0.2) is 47.5 Å².